The molecule has 0 spiro atoms. The number of carbonyl (C=O) groups excluding carboxylic acids is 1. The van der Waals surface area contributed by atoms with E-state index in [2.05, 4.69) is 29.2 Å². The van der Waals surface area contributed by atoms with E-state index in [4.69, 9.17) is 9.15 Å². The Morgan fingerprint density at radius 3 is 2.59 bits per heavy atom. The second-order valence-electron chi connectivity index (χ2n) is 6.94. The van der Waals surface area contributed by atoms with Gasteiger partial charge in [-0.05, 0) is 17.7 Å². The molecule has 0 atom stereocenters. The van der Waals surface area contributed by atoms with Crippen molar-refractivity contribution in [2.75, 3.05) is 33.3 Å². The third-order valence-corrected chi connectivity index (χ3v) is 5.18. The number of rotatable bonds is 5. The van der Waals surface area contributed by atoms with Crippen LogP contribution in [0.15, 0.2) is 59.2 Å². The molecule has 3 aromatic rings. The lowest BCUT2D eigenvalue weighted by Gasteiger charge is -2.34. The molecule has 1 fully saturated rings. The number of hydrogen-bond acceptors (Lipinski definition) is 4. The number of hydrogen-bond donors (Lipinski definition) is 0. The molecule has 5 heteroatoms. The number of nitrogens with zero attached hydrogens (tertiary/aromatic N) is 2. The fraction of sp³-hybridized carbons (Fsp3) is 0.318. The first kappa shape index (κ1) is 17.6. The van der Waals surface area contributed by atoms with E-state index >= 15 is 0 Å². The maximum atomic E-state index is 12.7. The highest BCUT2D eigenvalue weighted by atomic mass is 16.5. The van der Waals surface area contributed by atoms with Crippen LogP contribution < -0.4 is 4.74 Å². The van der Waals surface area contributed by atoms with Crippen LogP contribution in [0.25, 0.3) is 11.0 Å². The van der Waals surface area contributed by atoms with Gasteiger partial charge in [-0.3, -0.25) is 9.69 Å². The summed E-state index contributed by atoms with van der Waals surface area (Å²) >= 11 is 0. The summed E-state index contributed by atoms with van der Waals surface area (Å²) in [6, 6.07) is 16.2. The Hall–Kier alpha value is -2.79. The monoisotopic (exact) mass is 364 g/mol. The van der Waals surface area contributed by atoms with Crippen molar-refractivity contribution in [2.45, 2.75) is 13.0 Å². The van der Waals surface area contributed by atoms with Crippen LogP contribution in [0.5, 0.6) is 5.75 Å². The molecule has 1 saturated heterocycles. The van der Waals surface area contributed by atoms with Gasteiger partial charge in [0.1, 0.15) is 11.3 Å². The zero-order valence-corrected chi connectivity index (χ0v) is 15.6. The van der Waals surface area contributed by atoms with Crippen LogP contribution in [0, 0.1) is 0 Å². The van der Waals surface area contributed by atoms with Crippen molar-refractivity contribution in [1.82, 2.24) is 9.80 Å². The molecular weight excluding hydrogens is 340 g/mol. The van der Waals surface area contributed by atoms with E-state index in [-0.39, 0.29) is 5.91 Å². The van der Waals surface area contributed by atoms with Crippen molar-refractivity contribution in [1.29, 1.82) is 0 Å². The van der Waals surface area contributed by atoms with Gasteiger partial charge in [0.15, 0.2) is 0 Å². The van der Waals surface area contributed by atoms with Gasteiger partial charge >= 0.3 is 0 Å². The summed E-state index contributed by atoms with van der Waals surface area (Å²) < 4.78 is 10.8. The zero-order chi connectivity index (χ0) is 18.6. The standard InChI is InChI=1S/C22H24N2O3/c1-26-19-7-8-20-18(16-27-21(20)14-19)13-22(25)24-11-9-23(10-12-24)15-17-5-3-2-4-6-17/h2-8,14,16H,9-13,15H2,1H3. The van der Waals surface area contributed by atoms with Gasteiger partial charge in [-0.2, -0.15) is 0 Å². The Kier molecular flexibility index (Phi) is 5.12. The van der Waals surface area contributed by atoms with Crippen molar-refractivity contribution in [3.63, 3.8) is 0 Å². The van der Waals surface area contributed by atoms with Gasteiger partial charge in [0.2, 0.25) is 5.91 Å². The molecule has 0 saturated carbocycles. The number of fused-ring (bicyclic) bond motifs is 1. The van der Waals surface area contributed by atoms with E-state index in [9.17, 15) is 4.79 Å². The molecule has 2 heterocycles. The minimum absolute atomic E-state index is 0.160. The Bertz CT molecular complexity index is 912. The predicted molar refractivity (Wildman–Crippen MR) is 105 cm³/mol. The SMILES string of the molecule is COc1ccc2c(CC(=O)N3CCN(Cc4ccccc4)CC3)coc2c1. The molecule has 1 aromatic heterocycles. The van der Waals surface area contributed by atoms with Gasteiger partial charge in [0.25, 0.3) is 0 Å². The first-order valence-electron chi connectivity index (χ1n) is 9.31. The lowest BCUT2D eigenvalue weighted by atomic mass is 10.1. The van der Waals surface area contributed by atoms with Crippen molar-refractivity contribution in [2.24, 2.45) is 0 Å². The maximum Gasteiger partial charge on any atom is 0.227 e. The molecule has 1 amide bonds. The largest absolute Gasteiger partial charge is 0.497 e. The molecule has 0 radical (unpaired) electrons. The average Bonchev–Trinajstić information content (AvgIpc) is 3.11. The van der Waals surface area contributed by atoms with Crippen LogP contribution in [-0.4, -0.2) is 49.0 Å². The topological polar surface area (TPSA) is 45.9 Å². The van der Waals surface area contributed by atoms with Crippen LogP contribution >= 0.6 is 0 Å². The van der Waals surface area contributed by atoms with E-state index in [1.165, 1.54) is 5.56 Å². The molecule has 27 heavy (non-hydrogen) atoms. The Morgan fingerprint density at radius 1 is 1.07 bits per heavy atom. The van der Waals surface area contributed by atoms with E-state index in [1.807, 2.05) is 29.2 Å². The Morgan fingerprint density at radius 2 is 1.85 bits per heavy atom. The number of carbonyl (C=O) groups is 1. The zero-order valence-electron chi connectivity index (χ0n) is 15.6. The Labute approximate surface area is 159 Å². The normalized spacial score (nSPS) is 15.2. The first-order chi connectivity index (χ1) is 13.2. The van der Waals surface area contributed by atoms with Crippen LogP contribution in [0.2, 0.25) is 0 Å². The molecule has 0 aliphatic carbocycles. The number of benzene rings is 2. The van der Waals surface area contributed by atoms with Crippen molar-refractivity contribution < 1.29 is 13.9 Å². The van der Waals surface area contributed by atoms with E-state index in [0.717, 1.165) is 55.0 Å². The van der Waals surface area contributed by atoms with E-state index < -0.39 is 0 Å². The van der Waals surface area contributed by atoms with Gasteiger partial charge in [0, 0.05) is 49.7 Å². The minimum Gasteiger partial charge on any atom is -0.497 e. The highest BCUT2D eigenvalue weighted by Gasteiger charge is 2.22. The van der Waals surface area contributed by atoms with Crippen molar-refractivity contribution in [3.8, 4) is 5.75 Å². The molecule has 0 bridgehead atoms. The highest BCUT2D eigenvalue weighted by Crippen LogP contribution is 2.26. The maximum absolute atomic E-state index is 12.7. The number of amides is 1. The molecular formula is C22H24N2O3. The molecule has 0 N–H and O–H groups in total. The molecule has 2 aromatic carbocycles. The summed E-state index contributed by atoms with van der Waals surface area (Å²) in [7, 11) is 1.63. The number of piperazine rings is 1. The fourth-order valence-electron chi connectivity index (χ4n) is 3.60. The third kappa shape index (κ3) is 3.98. The van der Waals surface area contributed by atoms with Crippen molar-refractivity contribution >= 4 is 16.9 Å². The Balaban J connectivity index is 1.34. The summed E-state index contributed by atoms with van der Waals surface area (Å²) in [4.78, 5) is 17.1. The molecule has 0 unspecified atom stereocenters. The summed E-state index contributed by atoms with van der Waals surface area (Å²) in [6.45, 7) is 4.30. The fourth-order valence-corrected chi connectivity index (χ4v) is 3.60. The van der Waals surface area contributed by atoms with E-state index in [0.29, 0.717) is 6.42 Å². The predicted octanol–water partition coefficient (Wildman–Crippen LogP) is 3.33. The smallest absolute Gasteiger partial charge is 0.227 e. The van der Waals surface area contributed by atoms with Crippen LogP contribution in [0.4, 0.5) is 0 Å². The summed E-state index contributed by atoms with van der Waals surface area (Å²) in [5.74, 6) is 0.914. The van der Waals surface area contributed by atoms with Gasteiger partial charge in [-0.1, -0.05) is 30.3 Å². The van der Waals surface area contributed by atoms with Gasteiger partial charge in [0.05, 0.1) is 19.8 Å². The number of ether oxygens (including phenoxy) is 1. The summed E-state index contributed by atoms with van der Waals surface area (Å²) in [6.07, 6.45) is 2.06. The second kappa shape index (κ2) is 7.84. The lowest BCUT2D eigenvalue weighted by Crippen LogP contribution is -2.48. The summed E-state index contributed by atoms with van der Waals surface area (Å²) in [5.41, 5.74) is 3.01. The molecule has 140 valence electrons. The van der Waals surface area contributed by atoms with Crippen LogP contribution in [-0.2, 0) is 17.8 Å². The molecule has 1 aliphatic heterocycles. The number of methoxy groups -OCH3 is 1. The highest BCUT2D eigenvalue weighted by molar-refractivity contribution is 5.88. The molecule has 4 rings (SSSR count). The van der Waals surface area contributed by atoms with Gasteiger partial charge < -0.3 is 14.1 Å². The molecule has 1 aliphatic rings. The summed E-state index contributed by atoms with van der Waals surface area (Å²) in [5, 5.41) is 0.979. The average molecular weight is 364 g/mol. The van der Waals surface area contributed by atoms with Gasteiger partial charge in [-0.15, -0.1) is 0 Å². The van der Waals surface area contributed by atoms with Crippen molar-refractivity contribution in [3.05, 3.63) is 65.9 Å². The number of furan rings is 1. The third-order valence-electron chi connectivity index (χ3n) is 5.18. The first-order valence-corrected chi connectivity index (χ1v) is 9.31. The second-order valence-corrected chi connectivity index (χ2v) is 6.94. The van der Waals surface area contributed by atoms with E-state index in [1.54, 1.807) is 13.4 Å². The molecule has 5 nitrogen and oxygen atoms in total. The van der Waals surface area contributed by atoms with Gasteiger partial charge in [-0.25, -0.2) is 0 Å². The quantitative estimate of drug-likeness (QED) is 0.697. The van der Waals surface area contributed by atoms with Crippen LogP contribution in [0.3, 0.4) is 0 Å². The lowest BCUT2D eigenvalue weighted by molar-refractivity contribution is -0.132. The van der Waals surface area contributed by atoms with Crippen LogP contribution in [0.1, 0.15) is 11.1 Å². The minimum atomic E-state index is 0.160.